The first-order valence-corrected chi connectivity index (χ1v) is 8.00. The Morgan fingerprint density at radius 1 is 1.14 bits per heavy atom. The molecule has 0 aliphatic rings. The minimum Gasteiger partial charge on any atom is -0.383 e. The lowest BCUT2D eigenvalue weighted by Gasteiger charge is -2.08. The van der Waals surface area contributed by atoms with Gasteiger partial charge in [0.2, 0.25) is 0 Å². The Bertz CT molecular complexity index is 800. The van der Waals surface area contributed by atoms with Crippen molar-refractivity contribution in [2.24, 2.45) is 7.05 Å². The lowest BCUT2D eigenvalue weighted by Crippen LogP contribution is -1.98. The molecule has 0 saturated carbocycles. The van der Waals surface area contributed by atoms with E-state index in [4.69, 9.17) is 28.9 Å². The first kappa shape index (κ1) is 14.4. The minimum absolute atomic E-state index is 0.547. The van der Waals surface area contributed by atoms with E-state index >= 15 is 0 Å². The Labute approximate surface area is 136 Å². The van der Waals surface area contributed by atoms with Gasteiger partial charge in [-0.1, -0.05) is 29.3 Å². The minimum atomic E-state index is 0.547. The van der Waals surface area contributed by atoms with E-state index in [9.17, 15) is 0 Å². The molecule has 2 aromatic heterocycles. The number of hydrogen-bond acceptors (Lipinski definition) is 3. The number of aromatic nitrogens is 2. The molecule has 3 aromatic rings. The largest absolute Gasteiger partial charge is 0.383 e. The summed E-state index contributed by atoms with van der Waals surface area (Å²) in [5.41, 5.74) is 10.7. The molecule has 0 radical (unpaired) electrons. The molecule has 6 heteroatoms. The third-order valence-electron chi connectivity index (χ3n) is 3.42. The molecule has 2 N–H and O–H groups in total. The molecule has 0 aliphatic heterocycles. The molecule has 108 valence electrons. The highest BCUT2D eigenvalue weighted by Crippen LogP contribution is 2.44. The molecule has 0 aliphatic carbocycles. The number of hydrogen-bond donors (Lipinski definition) is 1. The van der Waals surface area contributed by atoms with Crippen molar-refractivity contribution in [1.82, 2.24) is 9.78 Å². The second-order valence-electron chi connectivity index (χ2n) is 4.80. The van der Waals surface area contributed by atoms with Crippen LogP contribution < -0.4 is 5.73 Å². The maximum atomic E-state index is 6.34. The Balaban J connectivity index is 2.36. The van der Waals surface area contributed by atoms with Crippen LogP contribution in [0.15, 0.2) is 29.0 Å². The van der Waals surface area contributed by atoms with E-state index in [0.29, 0.717) is 15.9 Å². The van der Waals surface area contributed by atoms with Crippen LogP contribution >= 0.6 is 34.5 Å². The summed E-state index contributed by atoms with van der Waals surface area (Å²) in [6, 6.07) is 5.43. The van der Waals surface area contributed by atoms with Crippen LogP contribution in [0, 0.1) is 6.92 Å². The molecule has 2 heterocycles. The zero-order valence-electron chi connectivity index (χ0n) is 11.5. The van der Waals surface area contributed by atoms with Gasteiger partial charge in [0, 0.05) is 23.6 Å². The van der Waals surface area contributed by atoms with Gasteiger partial charge in [-0.2, -0.15) is 16.4 Å². The first-order chi connectivity index (χ1) is 10.0. The smallest absolute Gasteiger partial charge is 0.130 e. The molecule has 0 spiro atoms. The summed E-state index contributed by atoms with van der Waals surface area (Å²) in [4.78, 5) is 0. The number of aryl methyl sites for hydroxylation is 2. The monoisotopic (exact) mass is 337 g/mol. The second-order valence-corrected chi connectivity index (χ2v) is 6.36. The Hall–Kier alpha value is -1.49. The third kappa shape index (κ3) is 2.33. The van der Waals surface area contributed by atoms with Gasteiger partial charge in [0.15, 0.2) is 0 Å². The number of nitrogen functional groups attached to an aromatic ring is 1. The van der Waals surface area contributed by atoms with Gasteiger partial charge in [-0.3, -0.25) is 4.68 Å². The lowest BCUT2D eigenvalue weighted by molar-refractivity contribution is 0.782. The van der Waals surface area contributed by atoms with Crippen LogP contribution in [0.2, 0.25) is 10.0 Å². The van der Waals surface area contributed by atoms with Gasteiger partial charge in [0.05, 0.1) is 15.6 Å². The van der Waals surface area contributed by atoms with E-state index < -0.39 is 0 Å². The average Bonchev–Trinajstić information content (AvgIpc) is 2.96. The van der Waals surface area contributed by atoms with Gasteiger partial charge in [-0.05, 0) is 30.0 Å². The van der Waals surface area contributed by atoms with Crippen LogP contribution in [-0.2, 0) is 7.05 Å². The SMILES string of the molecule is Cc1cscc1-c1nn(C)c(N)c1-c1c(Cl)cccc1Cl. The fourth-order valence-electron chi connectivity index (χ4n) is 2.31. The number of rotatable bonds is 2. The van der Waals surface area contributed by atoms with Crippen molar-refractivity contribution in [1.29, 1.82) is 0 Å². The van der Waals surface area contributed by atoms with Gasteiger partial charge in [0.25, 0.3) is 0 Å². The van der Waals surface area contributed by atoms with E-state index in [1.165, 1.54) is 0 Å². The highest BCUT2D eigenvalue weighted by molar-refractivity contribution is 7.08. The number of halogens is 2. The van der Waals surface area contributed by atoms with E-state index in [1.807, 2.05) is 13.1 Å². The molecule has 0 unspecified atom stereocenters. The van der Waals surface area contributed by atoms with Crippen LogP contribution in [0.25, 0.3) is 22.4 Å². The number of thiophene rings is 1. The zero-order valence-corrected chi connectivity index (χ0v) is 13.9. The van der Waals surface area contributed by atoms with Gasteiger partial charge in [0.1, 0.15) is 11.5 Å². The fourth-order valence-corrected chi connectivity index (χ4v) is 3.73. The van der Waals surface area contributed by atoms with Crippen molar-refractivity contribution in [3.63, 3.8) is 0 Å². The summed E-state index contributed by atoms with van der Waals surface area (Å²) >= 11 is 14.3. The molecule has 0 atom stereocenters. The zero-order chi connectivity index (χ0) is 15.1. The van der Waals surface area contributed by atoms with Crippen molar-refractivity contribution in [2.45, 2.75) is 6.92 Å². The van der Waals surface area contributed by atoms with Crippen molar-refractivity contribution < 1.29 is 0 Å². The van der Waals surface area contributed by atoms with Gasteiger partial charge >= 0.3 is 0 Å². The van der Waals surface area contributed by atoms with Crippen LogP contribution in [0.3, 0.4) is 0 Å². The number of nitrogens with two attached hydrogens (primary N) is 1. The summed E-state index contributed by atoms with van der Waals surface area (Å²) in [6.45, 7) is 2.05. The normalized spacial score (nSPS) is 11.0. The van der Waals surface area contributed by atoms with Crippen molar-refractivity contribution in [3.8, 4) is 22.4 Å². The second kappa shape index (κ2) is 5.37. The highest BCUT2D eigenvalue weighted by atomic mass is 35.5. The molecule has 1 aromatic carbocycles. The summed E-state index contributed by atoms with van der Waals surface area (Å²) in [7, 11) is 1.81. The van der Waals surface area contributed by atoms with Gasteiger partial charge in [-0.25, -0.2) is 0 Å². The fraction of sp³-hybridized carbons (Fsp3) is 0.133. The van der Waals surface area contributed by atoms with Crippen LogP contribution in [0.1, 0.15) is 5.56 Å². The molecule has 0 fully saturated rings. The van der Waals surface area contributed by atoms with E-state index in [0.717, 1.165) is 27.9 Å². The number of benzene rings is 1. The van der Waals surface area contributed by atoms with E-state index in [-0.39, 0.29) is 0 Å². The number of anilines is 1. The van der Waals surface area contributed by atoms with Crippen LogP contribution in [-0.4, -0.2) is 9.78 Å². The predicted molar refractivity (Wildman–Crippen MR) is 91.1 cm³/mol. The topological polar surface area (TPSA) is 43.8 Å². The maximum absolute atomic E-state index is 6.34. The Kier molecular flexibility index (Phi) is 3.69. The predicted octanol–water partition coefficient (Wildman–Crippen LogP) is 5.01. The van der Waals surface area contributed by atoms with Crippen molar-refractivity contribution >= 4 is 40.4 Å². The van der Waals surface area contributed by atoms with Crippen LogP contribution in [0.5, 0.6) is 0 Å². The first-order valence-electron chi connectivity index (χ1n) is 6.30. The third-order valence-corrected chi connectivity index (χ3v) is 4.91. The summed E-state index contributed by atoms with van der Waals surface area (Å²) in [6.07, 6.45) is 0. The molecular weight excluding hydrogens is 325 g/mol. The standard InChI is InChI=1S/C15H13Cl2N3S/c1-8-6-21-7-9(8)14-13(15(18)20(2)19-14)12-10(16)4-3-5-11(12)17/h3-7H,18H2,1-2H3. The summed E-state index contributed by atoms with van der Waals surface area (Å²) in [5.74, 6) is 0.547. The molecule has 0 saturated heterocycles. The van der Waals surface area contributed by atoms with Crippen LogP contribution in [0.4, 0.5) is 5.82 Å². The van der Waals surface area contributed by atoms with Crippen molar-refractivity contribution in [2.75, 3.05) is 5.73 Å². The van der Waals surface area contributed by atoms with Gasteiger partial charge < -0.3 is 5.73 Å². The Morgan fingerprint density at radius 2 is 1.81 bits per heavy atom. The number of nitrogens with zero attached hydrogens (tertiary/aromatic N) is 2. The van der Waals surface area contributed by atoms with E-state index in [2.05, 4.69) is 22.8 Å². The average molecular weight is 338 g/mol. The summed E-state index contributed by atoms with van der Waals surface area (Å²) < 4.78 is 1.65. The summed E-state index contributed by atoms with van der Waals surface area (Å²) in [5, 5.41) is 9.83. The molecule has 0 bridgehead atoms. The molecular formula is C15H13Cl2N3S. The molecule has 3 rings (SSSR count). The maximum Gasteiger partial charge on any atom is 0.130 e. The lowest BCUT2D eigenvalue weighted by atomic mass is 10.0. The molecule has 0 amide bonds. The van der Waals surface area contributed by atoms with Crippen molar-refractivity contribution in [3.05, 3.63) is 44.6 Å². The highest BCUT2D eigenvalue weighted by Gasteiger charge is 2.22. The van der Waals surface area contributed by atoms with E-state index in [1.54, 1.807) is 28.2 Å². The van der Waals surface area contributed by atoms with Gasteiger partial charge in [-0.15, -0.1) is 0 Å². The molecule has 21 heavy (non-hydrogen) atoms. The molecule has 3 nitrogen and oxygen atoms in total. The Morgan fingerprint density at radius 3 is 2.38 bits per heavy atom. The quantitative estimate of drug-likeness (QED) is 0.713.